The van der Waals surface area contributed by atoms with Crippen molar-refractivity contribution >= 4 is 17.1 Å². The molecule has 0 unspecified atom stereocenters. The molecule has 7 aromatic carbocycles. The second kappa shape index (κ2) is 13.4. The molecule has 6 heteroatoms. The molecule has 0 fully saturated rings. The number of nitrogens with zero attached hydrogens (tertiary/aromatic N) is 3. The topological polar surface area (TPSA) is 88.3 Å². The minimum atomic E-state index is 0.405. The maximum atomic E-state index is 10.8. The zero-order chi connectivity index (χ0) is 32.9. The number of benzene rings is 7. The summed E-state index contributed by atoms with van der Waals surface area (Å²) in [6, 6.07) is 53.6. The van der Waals surface area contributed by atoms with Crippen LogP contribution in [0, 0.1) is 14.7 Å². The first-order valence-electron chi connectivity index (χ1n) is 15.4. The Morgan fingerprint density at radius 1 is 0.208 bits per heavy atom. The summed E-state index contributed by atoms with van der Waals surface area (Å²) >= 11 is 0. The molecular weight excluding hydrogens is 594 g/mol. The molecule has 6 nitrogen and oxygen atoms in total. The lowest BCUT2D eigenvalue weighted by molar-refractivity contribution is 1.49. The van der Waals surface area contributed by atoms with Crippen molar-refractivity contribution in [2.24, 2.45) is 15.5 Å². The minimum Gasteiger partial charge on any atom is -0.145 e. The third kappa shape index (κ3) is 6.36. The van der Waals surface area contributed by atoms with E-state index in [-0.39, 0.29) is 0 Å². The fraction of sp³-hybridized carbons (Fsp3) is 0. The molecule has 0 aliphatic heterocycles. The van der Waals surface area contributed by atoms with E-state index in [0.717, 1.165) is 66.8 Å². The zero-order valence-electron chi connectivity index (χ0n) is 25.7. The van der Waals surface area contributed by atoms with Crippen LogP contribution in [0.3, 0.4) is 0 Å². The van der Waals surface area contributed by atoms with Crippen LogP contribution >= 0.6 is 0 Å². The molecule has 228 valence electrons. The van der Waals surface area contributed by atoms with Gasteiger partial charge >= 0.3 is 0 Å². The lowest BCUT2D eigenvalue weighted by Gasteiger charge is -2.13. The molecule has 7 rings (SSSR count). The summed E-state index contributed by atoms with van der Waals surface area (Å²) in [5.74, 6) is 0. The van der Waals surface area contributed by atoms with Gasteiger partial charge in [-0.2, -0.15) is 0 Å². The van der Waals surface area contributed by atoms with E-state index in [2.05, 4.69) is 107 Å². The van der Waals surface area contributed by atoms with Crippen molar-refractivity contribution in [1.82, 2.24) is 0 Å². The Hall–Kier alpha value is -6.66. The molecule has 0 N–H and O–H groups in total. The smallest absolute Gasteiger partial charge is 0.108 e. The first kappa shape index (κ1) is 30.0. The van der Waals surface area contributed by atoms with Crippen molar-refractivity contribution in [1.29, 1.82) is 0 Å². The first-order chi connectivity index (χ1) is 23.6. The molecule has 0 saturated carbocycles. The van der Waals surface area contributed by atoms with Crippen molar-refractivity contribution in [2.45, 2.75) is 0 Å². The third-order valence-corrected chi connectivity index (χ3v) is 8.51. The molecule has 0 aliphatic carbocycles. The van der Waals surface area contributed by atoms with E-state index in [1.165, 1.54) is 0 Å². The highest BCUT2D eigenvalue weighted by Crippen LogP contribution is 2.36. The van der Waals surface area contributed by atoms with Gasteiger partial charge in [0.15, 0.2) is 0 Å². The Balaban J connectivity index is 1.25. The monoisotopic (exact) mass is 621 g/mol. The quantitative estimate of drug-likeness (QED) is 0.150. The van der Waals surface area contributed by atoms with Crippen molar-refractivity contribution in [3.05, 3.63) is 179 Å². The maximum Gasteiger partial charge on any atom is 0.108 e. The van der Waals surface area contributed by atoms with Crippen molar-refractivity contribution in [3.8, 4) is 66.8 Å². The Bertz CT molecular complexity index is 1950. The van der Waals surface area contributed by atoms with Gasteiger partial charge in [0.25, 0.3) is 0 Å². The second-order valence-corrected chi connectivity index (χ2v) is 11.4. The van der Waals surface area contributed by atoms with Crippen LogP contribution in [0.2, 0.25) is 0 Å². The van der Waals surface area contributed by atoms with E-state index in [1.807, 2.05) is 36.4 Å². The van der Waals surface area contributed by atoms with Crippen LogP contribution in [0.15, 0.2) is 179 Å². The van der Waals surface area contributed by atoms with Gasteiger partial charge in [-0.1, -0.05) is 109 Å². The second-order valence-electron chi connectivity index (χ2n) is 11.4. The summed E-state index contributed by atoms with van der Waals surface area (Å²) in [5.41, 5.74) is 13.9. The molecule has 0 atom stereocenters. The molecule has 0 spiro atoms. The predicted octanol–water partition coefficient (Wildman–Crippen LogP) is 12.9. The first-order valence-corrected chi connectivity index (χ1v) is 15.4. The SMILES string of the molecule is O=Nc1ccc(-c2ccc(-c3cc(-c4ccc(-c5ccc(N=O)cc5)cc4)cc(-c4ccc(-c5ccc(N=O)cc5)cc4)c3)cc2)cc1. The summed E-state index contributed by atoms with van der Waals surface area (Å²) in [7, 11) is 0. The van der Waals surface area contributed by atoms with E-state index in [1.54, 1.807) is 36.4 Å². The van der Waals surface area contributed by atoms with E-state index in [9.17, 15) is 14.7 Å². The number of hydrogen-bond acceptors (Lipinski definition) is 6. The summed E-state index contributed by atoms with van der Waals surface area (Å²) in [5, 5.41) is 9.00. The summed E-state index contributed by atoms with van der Waals surface area (Å²) < 4.78 is 0. The summed E-state index contributed by atoms with van der Waals surface area (Å²) in [6.45, 7) is 0. The Morgan fingerprint density at radius 3 is 0.521 bits per heavy atom. The minimum absolute atomic E-state index is 0.405. The van der Waals surface area contributed by atoms with Crippen LogP contribution < -0.4 is 0 Å². The highest BCUT2D eigenvalue weighted by molar-refractivity contribution is 5.83. The highest BCUT2D eigenvalue weighted by atomic mass is 16.3. The van der Waals surface area contributed by atoms with E-state index >= 15 is 0 Å². The maximum absolute atomic E-state index is 10.8. The molecule has 0 amide bonds. The average molecular weight is 622 g/mol. The fourth-order valence-corrected chi connectivity index (χ4v) is 5.84. The van der Waals surface area contributed by atoms with Crippen molar-refractivity contribution < 1.29 is 0 Å². The van der Waals surface area contributed by atoms with Crippen LogP contribution in [-0.4, -0.2) is 0 Å². The van der Waals surface area contributed by atoms with Crippen molar-refractivity contribution in [2.75, 3.05) is 0 Å². The average Bonchev–Trinajstić information content (AvgIpc) is 3.18. The molecule has 0 radical (unpaired) electrons. The van der Waals surface area contributed by atoms with Crippen LogP contribution in [-0.2, 0) is 0 Å². The molecule has 0 heterocycles. The number of rotatable bonds is 9. The largest absolute Gasteiger partial charge is 0.145 e. The van der Waals surface area contributed by atoms with E-state index in [0.29, 0.717) is 17.1 Å². The lowest BCUT2D eigenvalue weighted by atomic mass is 9.91. The highest BCUT2D eigenvalue weighted by Gasteiger charge is 2.10. The summed E-state index contributed by atoms with van der Waals surface area (Å²) in [4.78, 5) is 32.5. The van der Waals surface area contributed by atoms with Gasteiger partial charge in [0.1, 0.15) is 17.1 Å². The molecule has 0 bridgehead atoms. The standard InChI is InChI=1S/C42H27N3O3/c46-43-40-19-13-31(14-20-40)28-1-7-34(8-2-28)37-25-38(35-9-3-29(4-10-35)32-15-21-41(44-47)22-16-32)27-39(26-37)36-11-5-30(6-12-36)33-17-23-42(45-48)24-18-33/h1-27H. The van der Waals surface area contributed by atoms with Gasteiger partial charge < -0.3 is 0 Å². The normalized spacial score (nSPS) is 10.8. The van der Waals surface area contributed by atoms with Crippen LogP contribution in [0.4, 0.5) is 17.1 Å². The van der Waals surface area contributed by atoms with Gasteiger partial charge in [0, 0.05) is 0 Å². The Labute approximate surface area is 277 Å². The summed E-state index contributed by atoms with van der Waals surface area (Å²) in [6.07, 6.45) is 0. The number of hydrogen-bond donors (Lipinski definition) is 0. The van der Waals surface area contributed by atoms with Crippen molar-refractivity contribution in [3.63, 3.8) is 0 Å². The lowest BCUT2D eigenvalue weighted by Crippen LogP contribution is -1.87. The molecule has 0 aromatic heterocycles. The Kier molecular flexibility index (Phi) is 8.36. The fourth-order valence-electron chi connectivity index (χ4n) is 5.84. The zero-order valence-corrected chi connectivity index (χ0v) is 25.7. The molecule has 48 heavy (non-hydrogen) atoms. The Morgan fingerprint density at radius 2 is 0.354 bits per heavy atom. The van der Waals surface area contributed by atoms with Gasteiger partial charge in [-0.3, -0.25) is 0 Å². The van der Waals surface area contributed by atoms with Gasteiger partial charge in [0.2, 0.25) is 0 Å². The van der Waals surface area contributed by atoms with Crippen LogP contribution in [0.1, 0.15) is 0 Å². The van der Waals surface area contributed by atoms with E-state index < -0.39 is 0 Å². The molecule has 0 saturated heterocycles. The molecule has 0 aliphatic rings. The van der Waals surface area contributed by atoms with Gasteiger partial charge in [-0.25, -0.2) is 0 Å². The van der Waals surface area contributed by atoms with Crippen LogP contribution in [0.5, 0.6) is 0 Å². The third-order valence-electron chi connectivity index (χ3n) is 8.51. The van der Waals surface area contributed by atoms with Gasteiger partial charge in [-0.15, -0.1) is 14.7 Å². The van der Waals surface area contributed by atoms with Gasteiger partial charge in [0.05, 0.1) is 0 Å². The number of nitroso groups, excluding NO2 is 3. The van der Waals surface area contributed by atoms with E-state index in [4.69, 9.17) is 0 Å². The molecule has 7 aromatic rings. The molecular formula is C42H27N3O3. The predicted molar refractivity (Wildman–Crippen MR) is 195 cm³/mol. The van der Waals surface area contributed by atoms with Crippen LogP contribution in [0.25, 0.3) is 66.8 Å². The van der Waals surface area contributed by atoms with Gasteiger partial charge in [-0.05, 0) is 137 Å².